The number of rotatable bonds is 8. The van der Waals surface area contributed by atoms with Crippen LogP contribution in [0.1, 0.15) is 10.4 Å². The topological polar surface area (TPSA) is 54.9 Å². The van der Waals surface area contributed by atoms with E-state index in [0.717, 1.165) is 16.0 Å². The van der Waals surface area contributed by atoms with Crippen LogP contribution in [0.2, 0.25) is 0 Å². The second kappa shape index (κ2) is 11.1. The Bertz CT molecular complexity index is 1200. The van der Waals surface area contributed by atoms with Gasteiger partial charge >= 0.3 is 0 Å². The van der Waals surface area contributed by atoms with Crippen molar-refractivity contribution in [2.24, 2.45) is 0 Å². The maximum absolute atomic E-state index is 13.5. The second-order valence-electron chi connectivity index (χ2n) is 7.50. The van der Waals surface area contributed by atoms with Gasteiger partial charge in [0.1, 0.15) is 22.8 Å². The first kappa shape index (κ1) is 24.5. The van der Waals surface area contributed by atoms with Crippen LogP contribution in [0.4, 0.5) is 5.13 Å². The molecule has 0 saturated heterocycles. The van der Waals surface area contributed by atoms with E-state index in [1.54, 1.807) is 24.1 Å². The van der Waals surface area contributed by atoms with E-state index in [1.807, 2.05) is 79.7 Å². The first-order chi connectivity index (χ1) is 15.5. The molecule has 1 aromatic heterocycles. The van der Waals surface area contributed by atoms with Gasteiger partial charge in [-0.3, -0.25) is 9.69 Å². The summed E-state index contributed by atoms with van der Waals surface area (Å²) in [5.74, 6) is 2.03. The third-order valence-electron chi connectivity index (χ3n) is 4.92. The van der Waals surface area contributed by atoms with Crippen LogP contribution in [0.15, 0.2) is 72.8 Å². The van der Waals surface area contributed by atoms with Crippen LogP contribution >= 0.6 is 23.7 Å². The lowest BCUT2D eigenvalue weighted by Crippen LogP contribution is -2.36. The quantitative estimate of drug-likeness (QED) is 0.320. The van der Waals surface area contributed by atoms with Crippen molar-refractivity contribution in [2.75, 3.05) is 39.2 Å². The van der Waals surface area contributed by atoms with Crippen molar-refractivity contribution in [1.29, 1.82) is 0 Å². The molecule has 0 radical (unpaired) electrons. The highest BCUT2D eigenvalue weighted by Crippen LogP contribution is 2.34. The number of nitrogens with zero attached hydrogens (tertiary/aromatic N) is 3. The van der Waals surface area contributed by atoms with Crippen LogP contribution in [0.3, 0.4) is 0 Å². The molecule has 0 bridgehead atoms. The standard InChI is InChI=1S/C25H25N3O3S.ClH/c1-27(2)16-17-28(25-26-23-21(30-3)10-7-11-22(23)32-25)24(29)18-12-14-20(15-13-18)31-19-8-5-4-6-9-19;/h4-15H,16-17H2,1-3H3;1H. The van der Waals surface area contributed by atoms with Gasteiger partial charge in [-0.25, -0.2) is 4.98 Å². The molecule has 0 unspecified atom stereocenters. The van der Waals surface area contributed by atoms with Crippen molar-refractivity contribution in [1.82, 2.24) is 9.88 Å². The summed E-state index contributed by atoms with van der Waals surface area (Å²) in [6, 6.07) is 22.6. The molecule has 33 heavy (non-hydrogen) atoms. The van der Waals surface area contributed by atoms with Gasteiger partial charge in [-0.05, 0) is 62.6 Å². The Morgan fingerprint density at radius 2 is 1.61 bits per heavy atom. The number of aromatic nitrogens is 1. The Hall–Kier alpha value is -3.13. The third-order valence-corrected chi connectivity index (χ3v) is 5.96. The molecule has 0 N–H and O–H groups in total. The van der Waals surface area contributed by atoms with Gasteiger partial charge in [0.25, 0.3) is 5.91 Å². The van der Waals surface area contributed by atoms with Gasteiger partial charge in [-0.15, -0.1) is 12.4 Å². The fourth-order valence-electron chi connectivity index (χ4n) is 3.22. The molecule has 0 fully saturated rings. The molecular weight excluding hydrogens is 458 g/mol. The summed E-state index contributed by atoms with van der Waals surface area (Å²) in [5.41, 5.74) is 1.35. The summed E-state index contributed by atoms with van der Waals surface area (Å²) in [4.78, 5) is 22.0. The van der Waals surface area contributed by atoms with Gasteiger partial charge in [0, 0.05) is 18.7 Å². The van der Waals surface area contributed by atoms with Gasteiger partial charge < -0.3 is 14.4 Å². The molecule has 1 heterocycles. The maximum atomic E-state index is 13.5. The highest BCUT2D eigenvalue weighted by molar-refractivity contribution is 7.22. The third kappa shape index (κ3) is 5.82. The maximum Gasteiger partial charge on any atom is 0.260 e. The molecule has 1 amide bonds. The minimum atomic E-state index is -0.101. The van der Waals surface area contributed by atoms with Gasteiger partial charge in [0.15, 0.2) is 5.13 Å². The zero-order valence-corrected chi connectivity index (χ0v) is 20.4. The number of hydrogen-bond acceptors (Lipinski definition) is 6. The van der Waals surface area contributed by atoms with Crippen molar-refractivity contribution in [3.05, 3.63) is 78.4 Å². The largest absolute Gasteiger partial charge is 0.494 e. The summed E-state index contributed by atoms with van der Waals surface area (Å²) in [6.45, 7) is 1.24. The summed E-state index contributed by atoms with van der Waals surface area (Å²) in [7, 11) is 5.60. The lowest BCUT2D eigenvalue weighted by Gasteiger charge is -2.22. The molecule has 0 spiro atoms. The number of fused-ring (bicyclic) bond motifs is 1. The minimum Gasteiger partial charge on any atom is -0.494 e. The Kier molecular flexibility index (Phi) is 8.27. The number of anilines is 1. The average molecular weight is 484 g/mol. The van der Waals surface area contributed by atoms with E-state index in [9.17, 15) is 4.79 Å². The fraction of sp³-hybridized carbons (Fsp3) is 0.200. The minimum absolute atomic E-state index is 0. The summed E-state index contributed by atoms with van der Waals surface area (Å²) >= 11 is 1.49. The predicted octanol–water partition coefficient (Wildman–Crippen LogP) is 5.73. The first-order valence-corrected chi connectivity index (χ1v) is 11.1. The number of carbonyl (C=O) groups excluding carboxylic acids is 1. The number of hydrogen-bond donors (Lipinski definition) is 0. The summed E-state index contributed by atoms with van der Waals surface area (Å²) in [5, 5.41) is 0.654. The van der Waals surface area contributed by atoms with Crippen LogP contribution < -0.4 is 14.4 Å². The number of halogens is 1. The molecule has 4 rings (SSSR count). The predicted molar refractivity (Wildman–Crippen MR) is 137 cm³/mol. The van der Waals surface area contributed by atoms with E-state index in [2.05, 4.69) is 0 Å². The molecule has 3 aromatic carbocycles. The van der Waals surface area contributed by atoms with E-state index < -0.39 is 0 Å². The number of ether oxygens (including phenoxy) is 2. The second-order valence-corrected chi connectivity index (χ2v) is 8.51. The van der Waals surface area contributed by atoms with E-state index in [4.69, 9.17) is 14.5 Å². The number of thiazole rings is 1. The van der Waals surface area contributed by atoms with Crippen molar-refractivity contribution in [3.8, 4) is 17.2 Å². The monoisotopic (exact) mass is 483 g/mol. The Morgan fingerprint density at radius 1 is 0.909 bits per heavy atom. The van der Waals surface area contributed by atoms with Crippen molar-refractivity contribution in [2.45, 2.75) is 0 Å². The highest BCUT2D eigenvalue weighted by atomic mass is 35.5. The van der Waals surface area contributed by atoms with Crippen LogP contribution in [0, 0.1) is 0 Å². The van der Waals surface area contributed by atoms with Gasteiger partial charge in [-0.2, -0.15) is 0 Å². The zero-order valence-electron chi connectivity index (χ0n) is 18.7. The average Bonchev–Trinajstić information content (AvgIpc) is 3.24. The molecule has 0 atom stereocenters. The molecular formula is C25H26ClN3O3S. The van der Waals surface area contributed by atoms with Crippen molar-refractivity contribution < 1.29 is 14.3 Å². The lowest BCUT2D eigenvalue weighted by molar-refractivity contribution is 0.0985. The Labute approximate surface area is 203 Å². The molecule has 8 heteroatoms. The normalized spacial score (nSPS) is 10.7. The van der Waals surface area contributed by atoms with Crippen molar-refractivity contribution in [3.63, 3.8) is 0 Å². The Balaban J connectivity index is 0.00000306. The van der Waals surface area contributed by atoms with Crippen LogP contribution in [0.5, 0.6) is 17.2 Å². The molecule has 6 nitrogen and oxygen atoms in total. The van der Waals surface area contributed by atoms with Gasteiger partial charge in [0.2, 0.25) is 0 Å². The van der Waals surface area contributed by atoms with E-state index in [1.165, 1.54) is 11.3 Å². The SMILES string of the molecule is COc1cccc2sc(N(CCN(C)C)C(=O)c3ccc(Oc4ccccc4)cc3)nc12.Cl. The first-order valence-electron chi connectivity index (χ1n) is 10.3. The van der Waals surface area contributed by atoms with Gasteiger partial charge in [0.05, 0.1) is 11.8 Å². The molecule has 0 saturated carbocycles. The molecule has 172 valence electrons. The number of benzene rings is 3. The van der Waals surface area contributed by atoms with Crippen LogP contribution in [-0.2, 0) is 0 Å². The van der Waals surface area contributed by atoms with E-state index >= 15 is 0 Å². The van der Waals surface area contributed by atoms with E-state index in [-0.39, 0.29) is 18.3 Å². The zero-order chi connectivity index (χ0) is 22.5. The van der Waals surface area contributed by atoms with Crippen LogP contribution in [-0.4, -0.2) is 50.1 Å². The number of carbonyl (C=O) groups is 1. The van der Waals surface area contributed by atoms with E-state index in [0.29, 0.717) is 35.3 Å². The Morgan fingerprint density at radius 3 is 2.27 bits per heavy atom. The molecule has 0 aliphatic rings. The lowest BCUT2D eigenvalue weighted by atomic mass is 10.2. The number of para-hydroxylation sites is 2. The van der Waals surface area contributed by atoms with Crippen LogP contribution in [0.25, 0.3) is 10.2 Å². The molecule has 0 aliphatic carbocycles. The highest BCUT2D eigenvalue weighted by Gasteiger charge is 2.22. The smallest absolute Gasteiger partial charge is 0.260 e. The fourth-order valence-corrected chi connectivity index (χ4v) is 4.23. The number of methoxy groups -OCH3 is 1. The van der Waals surface area contributed by atoms with Gasteiger partial charge in [-0.1, -0.05) is 35.6 Å². The molecule has 4 aromatic rings. The van der Waals surface area contributed by atoms with Crippen molar-refractivity contribution >= 4 is 45.0 Å². The summed E-state index contributed by atoms with van der Waals surface area (Å²) < 4.78 is 12.3. The number of amides is 1. The molecule has 0 aliphatic heterocycles. The number of likely N-dealkylation sites (N-methyl/N-ethyl adjacent to an activating group) is 1. The summed E-state index contributed by atoms with van der Waals surface area (Å²) in [6.07, 6.45) is 0.